The fourth-order valence-electron chi connectivity index (χ4n) is 2.11. The van der Waals surface area contributed by atoms with E-state index in [1.807, 2.05) is 0 Å². The Balaban J connectivity index is 2.60. The van der Waals surface area contributed by atoms with Crippen molar-refractivity contribution in [1.29, 1.82) is 0 Å². The van der Waals surface area contributed by atoms with Gasteiger partial charge in [-0.2, -0.15) is 0 Å². The molecule has 1 aliphatic carbocycles. The molecule has 11 heavy (non-hydrogen) atoms. The zero-order valence-electron chi connectivity index (χ0n) is 7.93. The molecule has 2 heteroatoms. The number of likely N-dealkylation sites (N-methyl/N-ethyl adjacent to an activating group) is 1. The van der Waals surface area contributed by atoms with Crippen LogP contribution in [0.25, 0.3) is 0 Å². The summed E-state index contributed by atoms with van der Waals surface area (Å²) in [5.41, 5.74) is 6.14. The van der Waals surface area contributed by atoms with E-state index in [9.17, 15) is 0 Å². The van der Waals surface area contributed by atoms with Crippen molar-refractivity contribution < 1.29 is 0 Å². The number of rotatable bonds is 3. The normalized spacial score (nSPS) is 37.4. The summed E-state index contributed by atoms with van der Waals surface area (Å²) in [4.78, 5) is 2.40. The first-order valence-corrected chi connectivity index (χ1v) is 4.58. The largest absolute Gasteiger partial charge is 0.329 e. The molecular weight excluding hydrogens is 136 g/mol. The van der Waals surface area contributed by atoms with Crippen molar-refractivity contribution in [3.05, 3.63) is 0 Å². The number of nitrogens with two attached hydrogens (primary N) is 1. The van der Waals surface area contributed by atoms with Crippen LogP contribution in [0.1, 0.15) is 26.7 Å². The lowest BCUT2D eigenvalue weighted by molar-refractivity contribution is -0.00850. The van der Waals surface area contributed by atoms with E-state index < -0.39 is 0 Å². The van der Waals surface area contributed by atoms with Crippen LogP contribution in [0, 0.1) is 5.92 Å². The summed E-state index contributed by atoms with van der Waals surface area (Å²) in [7, 11) is 2.18. The van der Waals surface area contributed by atoms with Crippen LogP contribution in [-0.4, -0.2) is 30.6 Å². The van der Waals surface area contributed by atoms with Gasteiger partial charge in [0.2, 0.25) is 0 Å². The highest BCUT2D eigenvalue weighted by molar-refractivity contribution is 5.02. The smallest absolute Gasteiger partial charge is 0.0354 e. The molecule has 0 aromatic rings. The highest BCUT2D eigenvalue weighted by atomic mass is 15.2. The van der Waals surface area contributed by atoms with E-state index in [4.69, 9.17) is 5.73 Å². The predicted molar refractivity (Wildman–Crippen MR) is 48.5 cm³/mol. The van der Waals surface area contributed by atoms with Gasteiger partial charge in [0, 0.05) is 12.1 Å². The SMILES string of the molecule is CCN(C)C1(CN)CCC1C. The van der Waals surface area contributed by atoms with Gasteiger partial charge in [-0.05, 0) is 32.4 Å². The highest BCUT2D eigenvalue weighted by Gasteiger charge is 2.45. The fraction of sp³-hybridized carbons (Fsp3) is 1.00. The van der Waals surface area contributed by atoms with Crippen molar-refractivity contribution in [3.63, 3.8) is 0 Å². The minimum absolute atomic E-state index is 0.342. The van der Waals surface area contributed by atoms with Gasteiger partial charge in [0.05, 0.1) is 0 Å². The van der Waals surface area contributed by atoms with Gasteiger partial charge in [-0.15, -0.1) is 0 Å². The first-order chi connectivity index (χ1) is 5.17. The van der Waals surface area contributed by atoms with Crippen molar-refractivity contribution >= 4 is 0 Å². The quantitative estimate of drug-likeness (QED) is 0.662. The minimum atomic E-state index is 0.342. The molecule has 2 nitrogen and oxygen atoms in total. The zero-order valence-corrected chi connectivity index (χ0v) is 7.93. The Hall–Kier alpha value is -0.0800. The van der Waals surface area contributed by atoms with Gasteiger partial charge in [-0.1, -0.05) is 13.8 Å². The summed E-state index contributed by atoms with van der Waals surface area (Å²) in [6, 6.07) is 0. The van der Waals surface area contributed by atoms with Gasteiger partial charge < -0.3 is 5.73 Å². The van der Waals surface area contributed by atoms with Crippen LogP contribution in [0.4, 0.5) is 0 Å². The Bertz CT molecular complexity index is 132. The maximum absolute atomic E-state index is 5.79. The molecule has 0 amide bonds. The van der Waals surface area contributed by atoms with Gasteiger partial charge in [0.15, 0.2) is 0 Å². The number of hydrogen-bond acceptors (Lipinski definition) is 2. The van der Waals surface area contributed by atoms with E-state index in [-0.39, 0.29) is 0 Å². The summed E-state index contributed by atoms with van der Waals surface area (Å²) >= 11 is 0. The van der Waals surface area contributed by atoms with Crippen molar-refractivity contribution in [2.45, 2.75) is 32.2 Å². The number of nitrogens with zero attached hydrogens (tertiary/aromatic N) is 1. The molecule has 0 spiro atoms. The second-order valence-electron chi connectivity index (χ2n) is 3.76. The van der Waals surface area contributed by atoms with Crippen LogP contribution in [0.15, 0.2) is 0 Å². The summed E-state index contributed by atoms with van der Waals surface area (Å²) in [6.45, 7) is 6.44. The molecule has 66 valence electrons. The Morgan fingerprint density at radius 2 is 2.27 bits per heavy atom. The molecule has 0 heterocycles. The first kappa shape index (κ1) is 9.01. The summed E-state index contributed by atoms with van der Waals surface area (Å²) in [5, 5.41) is 0. The standard InChI is InChI=1S/C9H20N2/c1-4-11(3)9(7-10)6-5-8(9)2/h8H,4-7,10H2,1-3H3. The fourth-order valence-corrected chi connectivity index (χ4v) is 2.11. The van der Waals surface area contributed by atoms with Crippen molar-refractivity contribution in [1.82, 2.24) is 4.90 Å². The molecular formula is C9H20N2. The number of hydrogen-bond donors (Lipinski definition) is 1. The minimum Gasteiger partial charge on any atom is -0.329 e. The van der Waals surface area contributed by atoms with Gasteiger partial charge >= 0.3 is 0 Å². The predicted octanol–water partition coefficient (Wildman–Crippen LogP) is 1.07. The van der Waals surface area contributed by atoms with E-state index in [0.717, 1.165) is 19.0 Å². The second kappa shape index (κ2) is 3.11. The Labute approximate surface area is 69.8 Å². The molecule has 2 unspecified atom stereocenters. The molecule has 0 aliphatic heterocycles. The van der Waals surface area contributed by atoms with Gasteiger partial charge in [-0.25, -0.2) is 0 Å². The summed E-state index contributed by atoms with van der Waals surface area (Å²) in [5.74, 6) is 0.789. The molecule has 1 saturated carbocycles. The Morgan fingerprint density at radius 3 is 2.36 bits per heavy atom. The second-order valence-corrected chi connectivity index (χ2v) is 3.76. The van der Waals surface area contributed by atoms with Crippen molar-refractivity contribution in [2.24, 2.45) is 11.7 Å². The lowest BCUT2D eigenvalue weighted by atomic mass is 9.66. The third-order valence-electron chi connectivity index (χ3n) is 3.52. The molecule has 0 radical (unpaired) electrons. The molecule has 1 fully saturated rings. The third-order valence-corrected chi connectivity index (χ3v) is 3.52. The third kappa shape index (κ3) is 1.18. The molecule has 0 bridgehead atoms. The molecule has 1 rings (SSSR count). The van der Waals surface area contributed by atoms with Gasteiger partial charge in [0.25, 0.3) is 0 Å². The maximum Gasteiger partial charge on any atom is 0.0354 e. The van der Waals surface area contributed by atoms with E-state index >= 15 is 0 Å². The topological polar surface area (TPSA) is 29.3 Å². The lowest BCUT2D eigenvalue weighted by Crippen LogP contribution is -2.62. The van der Waals surface area contributed by atoms with Crippen molar-refractivity contribution in [3.8, 4) is 0 Å². The summed E-state index contributed by atoms with van der Waals surface area (Å²) in [6.07, 6.45) is 2.64. The van der Waals surface area contributed by atoms with Crippen LogP contribution < -0.4 is 5.73 Å². The van der Waals surface area contributed by atoms with Crippen molar-refractivity contribution in [2.75, 3.05) is 20.1 Å². The van der Waals surface area contributed by atoms with E-state index in [2.05, 4.69) is 25.8 Å². The maximum atomic E-state index is 5.79. The molecule has 2 atom stereocenters. The zero-order chi connectivity index (χ0) is 8.48. The first-order valence-electron chi connectivity index (χ1n) is 4.58. The Morgan fingerprint density at radius 1 is 1.64 bits per heavy atom. The van der Waals surface area contributed by atoms with Crippen LogP contribution in [0.3, 0.4) is 0 Å². The van der Waals surface area contributed by atoms with Crippen LogP contribution in [-0.2, 0) is 0 Å². The lowest BCUT2D eigenvalue weighted by Gasteiger charge is -2.53. The average molecular weight is 156 g/mol. The molecule has 0 aromatic carbocycles. The monoisotopic (exact) mass is 156 g/mol. The molecule has 2 N–H and O–H groups in total. The highest BCUT2D eigenvalue weighted by Crippen LogP contribution is 2.41. The van der Waals surface area contributed by atoms with Crippen LogP contribution >= 0.6 is 0 Å². The van der Waals surface area contributed by atoms with Gasteiger partial charge in [0.1, 0.15) is 0 Å². The van der Waals surface area contributed by atoms with E-state index in [1.54, 1.807) is 0 Å². The Kier molecular flexibility index (Phi) is 2.55. The average Bonchev–Trinajstić information content (AvgIpc) is 2.03. The van der Waals surface area contributed by atoms with Crippen LogP contribution in [0.2, 0.25) is 0 Å². The molecule has 0 saturated heterocycles. The van der Waals surface area contributed by atoms with Crippen LogP contribution in [0.5, 0.6) is 0 Å². The molecule has 1 aliphatic rings. The van der Waals surface area contributed by atoms with E-state index in [0.29, 0.717) is 5.54 Å². The van der Waals surface area contributed by atoms with Gasteiger partial charge in [-0.3, -0.25) is 4.90 Å². The molecule has 0 aromatic heterocycles. The van der Waals surface area contributed by atoms with E-state index in [1.165, 1.54) is 12.8 Å². The summed E-state index contributed by atoms with van der Waals surface area (Å²) < 4.78 is 0.